The largest absolute Gasteiger partial charge is 0.389 e. The fraction of sp³-hybridized carbons (Fsp3) is 0.667. The molecule has 0 amide bonds. The second-order valence-electron chi connectivity index (χ2n) is 7.84. The highest BCUT2D eigenvalue weighted by molar-refractivity contribution is 6.28. The van der Waals surface area contributed by atoms with E-state index >= 15 is 0 Å². The molecule has 0 heterocycles. The van der Waals surface area contributed by atoms with Gasteiger partial charge in [0, 0.05) is 5.92 Å². The van der Waals surface area contributed by atoms with Gasteiger partial charge in [-0.05, 0) is 47.0 Å². The summed E-state index contributed by atoms with van der Waals surface area (Å²) >= 11 is 0. The summed E-state index contributed by atoms with van der Waals surface area (Å²) in [5.41, 5.74) is -0.372. The minimum absolute atomic E-state index is 0.0490. The lowest BCUT2D eigenvalue weighted by molar-refractivity contribution is -0.156. The molecule has 1 aliphatic carbocycles. The van der Waals surface area contributed by atoms with E-state index in [2.05, 4.69) is 0 Å². The van der Waals surface area contributed by atoms with Crippen LogP contribution in [-0.2, 0) is 14.4 Å². The van der Waals surface area contributed by atoms with Gasteiger partial charge in [-0.25, -0.2) is 0 Å². The molecule has 0 aromatic carbocycles. The number of Topliss-reactive ketones (excluding diaryl/α,β-unsaturated/α-hetero) is 3. The molecule has 1 fully saturated rings. The molecule has 1 rings (SSSR count). The first kappa shape index (κ1) is 22.5. The minimum atomic E-state index is -2.23. The van der Waals surface area contributed by atoms with E-state index in [-0.39, 0.29) is 12.8 Å². The molecule has 1 aliphatic rings. The van der Waals surface area contributed by atoms with E-state index in [0.29, 0.717) is 6.42 Å². The maximum Gasteiger partial charge on any atom is 0.185 e. The molecule has 26 heavy (non-hydrogen) atoms. The Morgan fingerprint density at radius 3 is 2.15 bits per heavy atom. The van der Waals surface area contributed by atoms with Crippen LogP contribution in [0.5, 0.6) is 0 Å². The van der Waals surface area contributed by atoms with E-state index in [0.717, 1.165) is 11.1 Å². The summed E-state index contributed by atoms with van der Waals surface area (Å²) in [6.45, 7) is 10.9. The van der Waals surface area contributed by atoms with Crippen LogP contribution in [0.25, 0.3) is 0 Å². The summed E-state index contributed by atoms with van der Waals surface area (Å²) in [5, 5.41) is 21.7. The van der Waals surface area contributed by atoms with Gasteiger partial charge in [0.25, 0.3) is 0 Å². The molecule has 0 aromatic heterocycles. The van der Waals surface area contributed by atoms with Gasteiger partial charge in [0.2, 0.25) is 0 Å². The van der Waals surface area contributed by atoms with Crippen LogP contribution in [0.1, 0.15) is 60.8 Å². The van der Waals surface area contributed by atoms with Crippen molar-refractivity contribution in [1.29, 1.82) is 0 Å². The Hall–Kier alpha value is -1.59. The molecule has 5 atom stereocenters. The Kier molecular flexibility index (Phi) is 7.66. The number of hydrogen-bond acceptors (Lipinski definition) is 5. The van der Waals surface area contributed by atoms with Crippen LogP contribution < -0.4 is 0 Å². The summed E-state index contributed by atoms with van der Waals surface area (Å²) in [5.74, 6) is -4.93. The predicted molar refractivity (Wildman–Crippen MR) is 101 cm³/mol. The van der Waals surface area contributed by atoms with Gasteiger partial charge in [-0.1, -0.05) is 37.1 Å². The molecule has 5 heteroatoms. The smallest absolute Gasteiger partial charge is 0.185 e. The quantitative estimate of drug-likeness (QED) is 0.510. The second-order valence-corrected chi connectivity index (χ2v) is 7.84. The van der Waals surface area contributed by atoms with Gasteiger partial charge in [0.15, 0.2) is 23.0 Å². The molecule has 0 aliphatic heterocycles. The van der Waals surface area contributed by atoms with Gasteiger partial charge < -0.3 is 10.2 Å². The standard InChI is InChI=1S/C21H32O5/c1-7-14(6)18(23)17-19(24)15(10-8-12(2)3)21(26,20(17)25)16(22)11-9-13(4)5/h8-9,14-17,22,26H,7,10-11H2,1-6H3/t14?,15-,16+,17?,21-/m0/s1. The first-order valence-corrected chi connectivity index (χ1v) is 9.27. The maximum atomic E-state index is 12.9. The number of rotatable bonds is 8. The van der Waals surface area contributed by atoms with Gasteiger partial charge in [-0.2, -0.15) is 0 Å². The Balaban J connectivity index is 3.35. The van der Waals surface area contributed by atoms with Gasteiger partial charge in [-0.3, -0.25) is 14.4 Å². The van der Waals surface area contributed by atoms with Crippen LogP contribution in [0, 0.1) is 17.8 Å². The van der Waals surface area contributed by atoms with Crippen molar-refractivity contribution in [3.63, 3.8) is 0 Å². The van der Waals surface area contributed by atoms with Gasteiger partial charge in [0.1, 0.15) is 5.92 Å². The molecule has 2 N–H and O–H groups in total. The van der Waals surface area contributed by atoms with Crippen molar-refractivity contribution in [2.24, 2.45) is 17.8 Å². The molecule has 5 nitrogen and oxygen atoms in total. The maximum absolute atomic E-state index is 12.9. The van der Waals surface area contributed by atoms with E-state index in [4.69, 9.17) is 0 Å². The van der Waals surface area contributed by atoms with Gasteiger partial charge in [-0.15, -0.1) is 0 Å². The van der Waals surface area contributed by atoms with E-state index < -0.39 is 46.8 Å². The number of hydrogen-bond donors (Lipinski definition) is 2. The molecular weight excluding hydrogens is 332 g/mol. The van der Waals surface area contributed by atoms with Crippen molar-refractivity contribution in [1.82, 2.24) is 0 Å². The lowest BCUT2D eigenvalue weighted by Gasteiger charge is -2.31. The first-order valence-electron chi connectivity index (χ1n) is 9.27. The van der Waals surface area contributed by atoms with Crippen molar-refractivity contribution >= 4 is 17.3 Å². The van der Waals surface area contributed by atoms with Crippen molar-refractivity contribution in [2.45, 2.75) is 72.5 Å². The van der Waals surface area contributed by atoms with E-state index in [1.807, 2.05) is 34.6 Å². The normalized spacial score (nSPS) is 27.8. The van der Waals surface area contributed by atoms with E-state index in [1.165, 1.54) is 0 Å². The predicted octanol–water partition coefficient (Wildman–Crippen LogP) is 2.79. The lowest BCUT2D eigenvalue weighted by Crippen LogP contribution is -2.52. The third-order valence-corrected chi connectivity index (χ3v) is 5.22. The molecular formula is C21H32O5. The van der Waals surface area contributed by atoms with Crippen LogP contribution in [0.4, 0.5) is 0 Å². The topological polar surface area (TPSA) is 91.7 Å². The number of ketones is 3. The van der Waals surface area contributed by atoms with Crippen LogP contribution in [0.15, 0.2) is 23.3 Å². The van der Waals surface area contributed by atoms with Crippen molar-refractivity contribution in [2.75, 3.05) is 0 Å². The Bertz CT molecular complexity index is 622. The molecule has 0 bridgehead atoms. The Morgan fingerprint density at radius 2 is 1.69 bits per heavy atom. The number of aliphatic hydroxyl groups excluding tert-OH is 1. The summed E-state index contributed by atoms with van der Waals surface area (Å²) in [4.78, 5) is 38.4. The molecule has 0 spiro atoms. The van der Waals surface area contributed by atoms with Crippen LogP contribution in [0.3, 0.4) is 0 Å². The number of carbonyl (C=O) groups is 3. The highest BCUT2D eigenvalue weighted by Crippen LogP contribution is 2.41. The number of carbonyl (C=O) groups excluding carboxylic acids is 3. The average Bonchev–Trinajstić information content (AvgIpc) is 2.76. The SMILES string of the molecule is CCC(C)C(=O)C1C(=O)[C@H](CC=C(C)C)[C@](O)([C@H](O)CC=C(C)C)C1=O. The van der Waals surface area contributed by atoms with Crippen molar-refractivity contribution < 1.29 is 24.6 Å². The molecule has 2 unspecified atom stereocenters. The van der Waals surface area contributed by atoms with Gasteiger partial charge in [0.05, 0.1) is 12.0 Å². The van der Waals surface area contributed by atoms with Crippen molar-refractivity contribution in [3.8, 4) is 0 Å². The number of aliphatic hydroxyl groups is 2. The summed E-state index contributed by atoms with van der Waals surface area (Å²) in [6.07, 6.45) is 2.71. The van der Waals surface area contributed by atoms with Gasteiger partial charge >= 0.3 is 0 Å². The Morgan fingerprint density at radius 1 is 1.15 bits per heavy atom. The molecule has 1 saturated carbocycles. The second kappa shape index (κ2) is 8.87. The highest BCUT2D eigenvalue weighted by Gasteiger charge is 2.64. The van der Waals surface area contributed by atoms with E-state index in [9.17, 15) is 24.6 Å². The third-order valence-electron chi connectivity index (χ3n) is 5.22. The minimum Gasteiger partial charge on any atom is -0.389 e. The number of allylic oxidation sites excluding steroid dienone is 3. The third kappa shape index (κ3) is 4.38. The van der Waals surface area contributed by atoms with Crippen LogP contribution >= 0.6 is 0 Å². The Labute approximate surface area is 156 Å². The summed E-state index contributed by atoms with van der Waals surface area (Å²) in [6, 6.07) is 0. The fourth-order valence-corrected chi connectivity index (χ4v) is 3.28. The average molecular weight is 364 g/mol. The van der Waals surface area contributed by atoms with Crippen molar-refractivity contribution in [3.05, 3.63) is 23.3 Å². The summed E-state index contributed by atoms with van der Waals surface area (Å²) in [7, 11) is 0. The first-order chi connectivity index (χ1) is 12.0. The molecule has 0 aromatic rings. The van der Waals surface area contributed by atoms with E-state index in [1.54, 1.807) is 19.1 Å². The fourth-order valence-electron chi connectivity index (χ4n) is 3.28. The van der Waals surface area contributed by atoms with Crippen LogP contribution in [-0.4, -0.2) is 39.3 Å². The zero-order valence-corrected chi connectivity index (χ0v) is 16.7. The zero-order chi connectivity index (χ0) is 20.2. The monoisotopic (exact) mass is 364 g/mol. The molecule has 0 radical (unpaired) electrons. The highest BCUT2D eigenvalue weighted by atomic mass is 16.4. The molecule has 146 valence electrons. The lowest BCUT2D eigenvalue weighted by atomic mass is 9.80. The van der Waals surface area contributed by atoms with Crippen LogP contribution in [0.2, 0.25) is 0 Å². The molecule has 0 saturated heterocycles. The zero-order valence-electron chi connectivity index (χ0n) is 16.7. The summed E-state index contributed by atoms with van der Waals surface area (Å²) < 4.78 is 0.